The van der Waals surface area contributed by atoms with E-state index in [1.165, 1.54) is 23.9 Å². The lowest BCUT2D eigenvalue weighted by molar-refractivity contribution is -0.109. The number of rotatable bonds is 9. The number of thioether (sulfide) groups is 1. The van der Waals surface area contributed by atoms with Gasteiger partial charge in [-0.1, -0.05) is 29.5 Å². The second-order valence-corrected chi connectivity index (χ2v) is 7.59. The van der Waals surface area contributed by atoms with E-state index >= 15 is 0 Å². The molecule has 0 aliphatic rings. The molecule has 0 atom stereocenters. The molecule has 0 aliphatic carbocycles. The van der Waals surface area contributed by atoms with E-state index in [1.807, 2.05) is 13.0 Å². The maximum atomic E-state index is 10.5. The van der Waals surface area contributed by atoms with Crippen molar-refractivity contribution in [3.05, 3.63) is 29.8 Å². The first-order chi connectivity index (χ1) is 11.8. The molecule has 0 amide bonds. The third-order valence-electron chi connectivity index (χ3n) is 2.68. The van der Waals surface area contributed by atoms with Gasteiger partial charge in [0.05, 0.1) is 30.6 Å². The Morgan fingerprint density at radius 1 is 1.28 bits per heavy atom. The third-order valence-corrected chi connectivity index (χ3v) is 4.37. The maximum absolute atomic E-state index is 10.5. The van der Waals surface area contributed by atoms with Crippen LogP contribution in [0.3, 0.4) is 0 Å². The van der Waals surface area contributed by atoms with Gasteiger partial charge in [-0.25, -0.2) is 0 Å². The smallest absolute Gasteiger partial charge is 0.294 e. The molecule has 0 fully saturated rings. The third kappa shape index (κ3) is 14.6. The molecule has 1 aromatic carbocycles. The van der Waals surface area contributed by atoms with Crippen LogP contribution in [0.2, 0.25) is 0 Å². The van der Waals surface area contributed by atoms with Crippen LogP contribution in [0.1, 0.15) is 18.9 Å². The lowest BCUT2D eigenvalue weighted by Crippen LogP contribution is -2.22. The molecule has 0 bridgehead atoms. The predicted molar refractivity (Wildman–Crippen MR) is 98.1 cm³/mol. The second kappa shape index (κ2) is 13.8. The molecule has 1 rings (SSSR count). The molecule has 0 saturated heterocycles. The summed E-state index contributed by atoms with van der Waals surface area (Å²) in [6.45, 7) is 6.10. The van der Waals surface area contributed by atoms with Gasteiger partial charge in [-0.3, -0.25) is 9.35 Å². The summed E-state index contributed by atoms with van der Waals surface area (Å²) < 4.78 is 34.7. The molecule has 0 spiro atoms. The van der Waals surface area contributed by atoms with Gasteiger partial charge in [0.1, 0.15) is 0 Å². The molecule has 140 valence electrons. The maximum Gasteiger partial charge on any atom is 0.294 e. The molecule has 0 radical (unpaired) electrons. The first-order valence-corrected chi connectivity index (χ1v) is 10.0. The quantitative estimate of drug-likeness (QED) is 0.487. The number of nitriles is 1. The van der Waals surface area contributed by atoms with E-state index in [4.69, 9.17) is 14.6 Å². The van der Waals surface area contributed by atoms with Crippen molar-refractivity contribution in [2.24, 2.45) is 0 Å². The van der Waals surface area contributed by atoms with Crippen molar-refractivity contribution in [1.82, 2.24) is 5.32 Å². The van der Waals surface area contributed by atoms with E-state index in [-0.39, 0.29) is 10.0 Å². The zero-order chi connectivity index (χ0) is 19.1. The Balaban J connectivity index is 0.000000472. The topological polar surface area (TPSA) is 116 Å². The van der Waals surface area contributed by atoms with Crippen molar-refractivity contribution in [2.45, 2.75) is 25.2 Å². The van der Waals surface area contributed by atoms with E-state index in [2.05, 4.69) is 5.32 Å². The summed E-state index contributed by atoms with van der Waals surface area (Å²) >= 11 is 1.32. The summed E-state index contributed by atoms with van der Waals surface area (Å²) in [6, 6.07) is 7.99. The molecule has 25 heavy (non-hydrogen) atoms. The first-order valence-electron chi connectivity index (χ1n) is 7.60. The number of carbonyl (C=O) groups is 1. The highest BCUT2D eigenvalue weighted by molar-refractivity contribution is 8.13. The minimum absolute atomic E-state index is 0.0666. The van der Waals surface area contributed by atoms with Gasteiger partial charge < -0.3 is 10.1 Å². The molecule has 0 aromatic heterocycles. The number of ether oxygens (including phenoxy) is 1. The lowest BCUT2D eigenvalue weighted by Gasteiger charge is -2.03. The minimum Gasteiger partial charge on any atom is -0.379 e. The zero-order valence-corrected chi connectivity index (χ0v) is 16.0. The number of nitrogens with one attached hydrogen (secondary N) is 1. The summed E-state index contributed by atoms with van der Waals surface area (Å²) in [4.78, 5) is 10.5. The van der Waals surface area contributed by atoms with Gasteiger partial charge in [0.25, 0.3) is 10.1 Å². The molecular weight excluding hydrogens is 364 g/mol. The SMILES string of the molecule is CC(=O)SCCNCCOCCC#N.Cc1ccc(S(=O)(=O)O)cc1. The predicted octanol–water partition coefficient (Wildman–Crippen LogP) is 2.03. The van der Waals surface area contributed by atoms with E-state index < -0.39 is 10.1 Å². The molecule has 1 aromatic rings. The van der Waals surface area contributed by atoms with Crippen LogP contribution in [-0.4, -0.2) is 50.1 Å². The van der Waals surface area contributed by atoms with Crippen LogP contribution in [0.15, 0.2) is 29.2 Å². The van der Waals surface area contributed by atoms with E-state index in [1.54, 1.807) is 19.1 Å². The fourth-order valence-electron chi connectivity index (χ4n) is 1.47. The number of hydrogen-bond donors (Lipinski definition) is 2. The number of benzene rings is 1. The average Bonchev–Trinajstić information content (AvgIpc) is 2.53. The van der Waals surface area contributed by atoms with Crippen molar-refractivity contribution >= 4 is 27.0 Å². The molecule has 0 heterocycles. The second-order valence-electron chi connectivity index (χ2n) is 4.90. The Kier molecular flexibility index (Phi) is 13.0. The number of hydrogen-bond acceptors (Lipinski definition) is 7. The molecular formula is C16H24N2O5S2. The Bertz CT molecular complexity index is 639. The summed E-state index contributed by atoms with van der Waals surface area (Å²) in [6.07, 6.45) is 0.445. The van der Waals surface area contributed by atoms with Crippen molar-refractivity contribution < 1.29 is 22.5 Å². The Hall–Kier alpha value is -1.44. The summed E-state index contributed by atoms with van der Waals surface area (Å²) in [5.41, 5.74) is 0.956. The summed E-state index contributed by atoms with van der Waals surface area (Å²) in [7, 11) is -4.02. The molecule has 2 N–H and O–H groups in total. The first kappa shape index (κ1) is 23.6. The summed E-state index contributed by atoms with van der Waals surface area (Å²) in [5, 5.41) is 11.5. The van der Waals surface area contributed by atoms with Crippen LogP contribution in [0.4, 0.5) is 0 Å². The largest absolute Gasteiger partial charge is 0.379 e. The molecule has 7 nitrogen and oxygen atoms in total. The normalized spacial score (nSPS) is 10.5. The van der Waals surface area contributed by atoms with Crippen LogP contribution in [0.5, 0.6) is 0 Å². The molecule has 0 saturated carbocycles. The zero-order valence-electron chi connectivity index (χ0n) is 14.4. The Morgan fingerprint density at radius 2 is 1.92 bits per heavy atom. The van der Waals surface area contributed by atoms with Crippen LogP contribution in [0.25, 0.3) is 0 Å². The molecule has 0 aliphatic heterocycles. The van der Waals surface area contributed by atoms with Gasteiger partial charge in [0.2, 0.25) is 0 Å². The van der Waals surface area contributed by atoms with E-state index in [0.29, 0.717) is 19.6 Å². The van der Waals surface area contributed by atoms with Crippen molar-refractivity contribution in [2.75, 3.05) is 32.1 Å². The highest BCUT2D eigenvalue weighted by atomic mass is 32.2. The number of aryl methyl sites for hydroxylation is 1. The van der Waals surface area contributed by atoms with Gasteiger partial charge in [-0.15, -0.1) is 0 Å². The highest BCUT2D eigenvalue weighted by Gasteiger charge is 2.06. The minimum atomic E-state index is -4.02. The van der Waals surface area contributed by atoms with Crippen molar-refractivity contribution in [3.63, 3.8) is 0 Å². The van der Waals surface area contributed by atoms with Gasteiger partial charge in [-0.2, -0.15) is 13.7 Å². The monoisotopic (exact) mass is 388 g/mol. The van der Waals surface area contributed by atoms with E-state index in [0.717, 1.165) is 24.4 Å². The lowest BCUT2D eigenvalue weighted by atomic mass is 10.2. The molecule has 9 heteroatoms. The van der Waals surface area contributed by atoms with Crippen molar-refractivity contribution in [1.29, 1.82) is 5.26 Å². The number of carbonyl (C=O) groups excluding carboxylic acids is 1. The highest BCUT2D eigenvalue weighted by Crippen LogP contribution is 2.08. The van der Waals surface area contributed by atoms with Gasteiger partial charge in [0.15, 0.2) is 5.12 Å². The number of nitrogens with zero attached hydrogens (tertiary/aromatic N) is 1. The van der Waals surface area contributed by atoms with Crippen LogP contribution in [0, 0.1) is 18.3 Å². The van der Waals surface area contributed by atoms with Crippen molar-refractivity contribution in [3.8, 4) is 6.07 Å². The van der Waals surface area contributed by atoms with Gasteiger partial charge in [-0.05, 0) is 19.1 Å². The fourth-order valence-corrected chi connectivity index (χ4v) is 2.48. The standard InChI is InChI=1S/C9H16N2O2S.C7H8O3S/c1-9(12)14-8-5-11-4-7-13-6-2-3-10;1-6-2-4-7(5-3-6)11(8,9)10/h11H,2,4-8H2,1H3;2-5H,1H3,(H,8,9,10). The van der Waals surface area contributed by atoms with Gasteiger partial charge >= 0.3 is 0 Å². The molecule has 0 unspecified atom stereocenters. The van der Waals surface area contributed by atoms with E-state index in [9.17, 15) is 13.2 Å². The average molecular weight is 389 g/mol. The van der Waals surface area contributed by atoms with Crippen LogP contribution < -0.4 is 5.32 Å². The van der Waals surface area contributed by atoms with Crippen LogP contribution >= 0.6 is 11.8 Å². The Morgan fingerprint density at radius 3 is 2.44 bits per heavy atom. The fraction of sp³-hybridized carbons (Fsp3) is 0.500. The summed E-state index contributed by atoms with van der Waals surface area (Å²) in [5.74, 6) is 0.799. The van der Waals surface area contributed by atoms with Crippen LogP contribution in [-0.2, 0) is 19.6 Å². The Labute approximate surface area is 153 Å². The van der Waals surface area contributed by atoms with Gasteiger partial charge in [0, 0.05) is 25.8 Å².